The molecule has 0 bridgehead atoms. The Balaban J connectivity index is 2.22. The summed E-state index contributed by atoms with van der Waals surface area (Å²) in [5.74, 6) is -3.69. The summed E-state index contributed by atoms with van der Waals surface area (Å²) >= 11 is 0. The van der Waals surface area contributed by atoms with E-state index in [4.69, 9.17) is 30.1 Å². The van der Waals surface area contributed by atoms with Crippen LogP contribution in [0, 0.1) is 5.41 Å². The van der Waals surface area contributed by atoms with Crippen molar-refractivity contribution in [2.45, 2.75) is 39.7 Å². The minimum Gasteiger partial charge on any atom is -0.466 e. The molecule has 41 heavy (non-hydrogen) atoms. The van der Waals surface area contributed by atoms with E-state index in [1.165, 1.54) is 42.5 Å². The van der Waals surface area contributed by atoms with Crippen LogP contribution >= 0.6 is 0 Å². The van der Waals surface area contributed by atoms with E-state index in [0.29, 0.717) is 11.1 Å². The average Bonchev–Trinajstić information content (AvgIpc) is 2.94. The lowest BCUT2D eigenvalue weighted by Gasteiger charge is -2.18. The number of ether oxygens (including phenoxy) is 4. The van der Waals surface area contributed by atoms with Gasteiger partial charge in [0.05, 0.1) is 25.4 Å². The zero-order valence-corrected chi connectivity index (χ0v) is 23.1. The van der Waals surface area contributed by atoms with Crippen molar-refractivity contribution in [1.82, 2.24) is 5.32 Å². The average molecular weight is 568 g/mol. The Morgan fingerprint density at radius 1 is 0.854 bits per heavy atom. The molecular formula is C29H33N3O9. The number of nitrogens with two attached hydrogens (primary N) is 1. The van der Waals surface area contributed by atoms with E-state index in [0.717, 1.165) is 0 Å². The molecule has 12 heteroatoms. The number of carbonyl (C=O) groups is 5. The van der Waals surface area contributed by atoms with Crippen molar-refractivity contribution in [2.24, 2.45) is 5.73 Å². The van der Waals surface area contributed by atoms with Gasteiger partial charge in [-0.1, -0.05) is 12.1 Å². The molecule has 2 aromatic carbocycles. The first-order valence-electron chi connectivity index (χ1n) is 12.9. The quantitative estimate of drug-likeness (QED) is 0.0448. The van der Waals surface area contributed by atoms with Gasteiger partial charge in [-0.05, 0) is 75.2 Å². The summed E-state index contributed by atoms with van der Waals surface area (Å²) in [5.41, 5.74) is 6.07. The molecule has 0 fully saturated rings. The van der Waals surface area contributed by atoms with Crippen molar-refractivity contribution in [1.29, 1.82) is 5.41 Å². The Labute approximate surface area is 237 Å². The van der Waals surface area contributed by atoms with Gasteiger partial charge >= 0.3 is 23.9 Å². The molecule has 0 aliphatic heterocycles. The molecule has 2 aromatic rings. The topological polar surface area (TPSA) is 184 Å². The van der Waals surface area contributed by atoms with Gasteiger partial charge in [-0.3, -0.25) is 15.0 Å². The number of carbonyl (C=O) groups excluding carboxylic acids is 5. The van der Waals surface area contributed by atoms with E-state index < -0.39 is 41.4 Å². The predicted octanol–water partition coefficient (Wildman–Crippen LogP) is 2.53. The van der Waals surface area contributed by atoms with Crippen molar-refractivity contribution in [3.05, 3.63) is 70.8 Å². The molecule has 1 atom stereocenters. The fourth-order valence-electron chi connectivity index (χ4n) is 3.40. The maximum absolute atomic E-state index is 13.1. The molecule has 12 nitrogen and oxygen atoms in total. The summed E-state index contributed by atoms with van der Waals surface area (Å²) in [6.07, 6.45) is 0.985. The smallest absolute Gasteiger partial charge is 0.343 e. The number of esters is 4. The van der Waals surface area contributed by atoms with Gasteiger partial charge in [0.1, 0.15) is 23.2 Å². The van der Waals surface area contributed by atoms with Crippen LogP contribution < -0.4 is 15.8 Å². The van der Waals surface area contributed by atoms with Crippen LogP contribution in [-0.2, 0) is 33.4 Å². The van der Waals surface area contributed by atoms with Crippen molar-refractivity contribution in [3.63, 3.8) is 0 Å². The van der Waals surface area contributed by atoms with Crippen LogP contribution in [-0.4, -0.2) is 61.5 Å². The molecule has 4 N–H and O–H groups in total. The molecule has 0 unspecified atom stereocenters. The van der Waals surface area contributed by atoms with Crippen molar-refractivity contribution >= 4 is 41.7 Å². The SMILES string of the molecule is CCOC(=O)CC[C@H](NC(=O)C(=Cc1ccc(C(=O)Oc2ccc(C(=N)N)cc2)cc1)C(=O)OCC)C(=O)OCC. The lowest BCUT2D eigenvalue weighted by molar-refractivity contribution is -0.149. The molecule has 0 spiro atoms. The second-order valence-electron chi connectivity index (χ2n) is 8.35. The van der Waals surface area contributed by atoms with Crippen molar-refractivity contribution in [3.8, 4) is 5.75 Å². The summed E-state index contributed by atoms with van der Waals surface area (Å²) in [4.78, 5) is 62.5. The van der Waals surface area contributed by atoms with Gasteiger partial charge in [-0.25, -0.2) is 14.4 Å². The van der Waals surface area contributed by atoms with Gasteiger partial charge in [-0.2, -0.15) is 0 Å². The van der Waals surface area contributed by atoms with Crippen LogP contribution in [0.15, 0.2) is 54.1 Å². The van der Waals surface area contributed by atoms with E-state index in [2.05, 4.69) is 5.32 Å². The number of rotatable bonds is 14. The van der Waals surface area contributed by atoms with Crippen LogP contribution in [0.5, 0.6) is 5.75 Å². The first kappa shape index (κ1) is 32.2. The first-order valence-corrected chi connectivity index (χ1v) is 12.9. The second kappa shape index (κ2) is 16.2. The highest BCUT2D eigenvalue weighted by atomic mass is 16.5. The van der Waals surface area contributed by atoms with Gasteiger partial charge in [0, 0.05) is 12.0 Å². The molecule has 0 aliphatic carbocycles. The molecule has 2 rings (SSSR count). The Kier molecular flexibility index (Phi) is 12.7. The highest BCUT2D eigenvalue weighted by molar-refractivity contribution is 6.20. The highest BCUT2D eigenvalue weighted by Gasteiger charge is 2.28. The van der Waals surface area contributed by atoms with Crippen LogP contribution in [0.3, 0.4) is 0 Å². The number of hydrogen-bond acceptors (Lipinski definition) is 10. The minimum absolute atomic E-state index is 0.00814. The predicted molar refractivity (Wildman–Crippen MR) is 148 cm³/mol. The molecule has 0 radical (unpaired) electrons. The molecule has 0 aliphatic rings. The van der Waals surface area contributed by atoms with Crippen molar-refractivity contribution < 1.29 is 42.9 Å². The summed E-state index contributed by atoms with van der Waals surface area (Å²) in [7, 11) is 0. The number of amides is 1. The third kappa shape index (κ3) is 10.2. The Hall–Kier alpha value is -5.00. The number of nitrogens with one attached hydrogen (secondary N) is 2. The van der Waals surface area contributed by atoms with Gasteiger partial charge in [0.2, 0.25) is 0 Å². The van der Waals surface area contributed by atoms with Crippen LogP contribution in [0.2, 0.25) is 0 Å². The second-order valence-corrected chi connectivity index (χ2v) is 8.35. The Bertz CT molecular complexity index is 1290. The molecule has 1 amide bonds. The molecular weight excluding hydrogens is 534 g/mol. The number of benzene rings is 2. The fourth-order valence-corrected chi connectivity index (χ4v) is 3.40. The monoisotopic (exact) mass is 567 g/mol. The van der Waals surface area contributed by atoms with Crippen LogP contribution in [0.1, 0.15) is 55.1 Å². The van der Waals surface area contributed by atoms with Gasteiger partial charge in [-0.15, -0.1) is 0 Å². The summed E-state index contributed by atoms with van der Waals surface area (Å²) in [6, 6.07) is 10.8. The van der Waals surface area contributed by atoms with Crippen molar-refractivity contribution in [2.75, 3.05) is 19.8 Å². The molecule has 0 saturated heterocycles. The van der Waals surface area contributed by atoms with E-state index >= 15 is 0 Å². The lowest BCUT2D eigenvalue weighted by Crippen LogP contribution is -2.44. The van der Waals surface area contributed by atoms with E-state index in [9.17, 15) is 24.0 Å². The zero-order chi connectivity index (χ0) is 30.4. The first-order chi connectivity index (χ1) is 19.6. The maximum atomic E-state index is 13.1. The summed E-state index contributed by atoms with van der Waals surface area (Å²) in [6.45, 7) is 5.01. The van der Waals surface area contributed by atoms with Gasteiger partial charge in [0.15, 0.2) is 0 Å². The van der Waals surface area contributed by atoms with E-state index in [1.54, 1.807) is 32.9 Å². The Morgan fingerprint density at radius 2 is 1.44 bits per heavy atom. The number of amidine groups is 1. The van der Waals surface area contributed by atoms with E-state index in [1.807, 2.05) is 0 Å². The lowest BCUT2D eigenvalue weighted by atomic mass is 10.1. The summed E-state index contributed by atoms with van der Waals surface area (Å²) in [5, 5.41) is 9.86. The fraction of sp³-hybridized carbons (Fsp3) is 0.310. The standard InChI is InChI=1S/C29H33N3O9/c1-4-38-24(33)16-15-23(29(37)40-6-3)32-26(34)22(28(36)39-5-2)17-18-7-9-20(10-8-18)27(35)41-21-13-11-19(12-14-21)25(30)31/h7-14,17,23H,4-6,15-16H2,1-3H3,(H3,30,31)(H,32,34)/t23-/m0/s1. The van der Waals surface area contributed by atoms with Crippen LogP contribution in [0.25, 0.3) is 6.08 Å². The molecule has 0 saturated carbocycles. The van der Waals surface area contributed by atoms with Gasteiger partial charge < -0.3 is 30.0 Å². The third-order valence-electron chi connectivity index (χ3n) is 5.39. The molecule has 218 valence electrons. The van der Waals surface area contributed by atoms with Crippen LogP contribution in [0.4, 0.5) is 0 Å². The minimum atomic E-state index is -1.22. The summed E-state index contributed by atoms with van der Waals surface area (Å²) < 4.78 is 20.2. The largest absolute Gasteiger partial charge is 0.466 e. The normalized spacial score (nSPS) is 11.5. The maximum Gasteiger partial charge on any atom is 0.343 e. The zero-order valence-electron chi connectivity index (χ0n) is 23.1. The van der Waals surface area contributed by atoms with Gasteiger partial charge in [0.25, 0.3) is 5.91 Å². The highest BCUT2D eigenvalue weighted by Crippen LogP contribution is 2.16. The number of nitrogen functional groups attached to an aromatic ring is 1. The third-order valence-corrected chi connectivity index (χ3v) is 5.39. The molecule has 0 heterocycles. The number of hydrogen-bond donors (Lipinski definition) is 3. The van der Waals surface area contributed by atoms with E-state index in [-0.39, 0.29) is 49.8 Å². The molecule has 0 aromatic heterocycles. The Morgan fingerprint density at radius 3 is 2.00 bits per heavy atom.